The molecule has 198 valence electrons. The zero-order chi connectivity index (χ0) is 27.5. The van der Waals surface area contributed by atoms with Crippen molar-refractivity contribution < 1.29 is 24.0 Å². The lowest BCUT2D eigenvalue weighted by molar-refractivity contribution is -0.136. The lowest BCUT2D eigenvalue weighted by Crippen LogP contribution is -2.54. The summed E-state index contributed by atoms with van der Waals surface area (Å²) >= 11 is 0. The Balaban J connectivity index is 1.18. The number of piperidine rings is 2. The molecule has 2 saturated heterocycles. The molecule has 2 fully saturated rings. The summed E-state index contributed by atoms with van der Waals surface area (Å²) in [5, 5.41) is 5.21. The van der Waals surface area contributed by atoms with Gasteiger partial charge in [0.15, 0.2) is 0 Å². The van der Waals surface area contributed by atoms with Gasteiger partial charge in [-0.25, -0.2) is 0 Å². The van der Waals surface area contributed by atoms with E-state index in [9.17, 15) is 24.0 Å². The van der Waals surface area contributed by atoms with Crippen molar-refractivity contribution in [2.75, 3.05) is 25.0 Å². The smallest absolute Gasteiger partial charge is 0.264 e. The summed E-state index contributed by atoms with van der Waals surface area (Å²) < 4.78 is 0. The first-order valence-corrected chi connectivity index (χ1v) is 13.0. The molecule has 1 atom stereocenters. The molecule has 9 nitrogen and oxygen atoms in total. The van der Waals surface area contributed by atoms with E-state index >= 15 is 0 Å². The highest BCUT2D eigenvalue weighted by Crippen LogP contribution is 2.32. The van der Waals surface area contributed by atoms with Crippen LogP contribution in [0.25, 0.3) is 6.08 Å². The van der Waals surface area contributed by atoms with Gasteiger partial charge in [0, 0.05) is 36.7 Å². The molecule has 0 aromatic heterocycles. The minimum absolute atomic E-state index is 0.0393. The molecule has 0 radical (unpaired) electrons. The number of carbonyl (C=O) groups is 5. The minimum atomic E-state index is -1.04. The van der Waals surface area contributed by atoms with Gasteiger partial charge in [-0.15, -0.1) is 0 Å². The molecule has 5 rings (SSSR count). The molecule has 2 N–H and O–H groups in total. The van der Waals surface area contributed by atoms with Gasteiger partial charge < -0.3 is 10.2 Å². The van der Waals surface area contributed by atoms with Gasteiger partial charge in [0.05, 0.1) is 17.7 Å². The van der Waals surface area contributed by atoms with Crippen molar-refractivity contribution in [3.63, 3.8) is 0 Å². The first kappa shape index (κ1) is 25.9. The van der Waals surface area contributed by atoms with Crippen LogP contribution in [-0.4, -0.2) is 65.0 Å². The number of fused-ring (bicyclic) bond motifs is 1. The summed E-state index contributed by atoms with van der Waals surface area (Å²) in [5.41, 5.74) is 2.65. The summed E-state index contributed by atoms with van der Waals surface area (Å²) in [4.78, 5) is 65.6. The van der Waals surface area contributed by atoms with Gasteiger partial charge in [0.1, 0.15) is 6.04 Å². The van der Waals surface area contributed by atoms with Crippen LogP contribution in [0.3, 0.4) is 0 Å². The molecule has 0 bridgehead atoms. The van der Waals surface area contributed by atoms with E-state index < -0.39 is 29.7 Å². The number of anilines is 1. The van der Waals surface area contributed by atoms with E-state index in [2.05, 4.69) is 29.1 Å². The number of hydrogen-bond acceptors (Lipinski definition) is 6. The molecule has 39 heavy (non-hydrogen) atoms. The third-order valence-corrected chi connectivity index (χ3v) is 7.31. The SMILES string of the molecule is C=Cc1ccc(C#CC2CCN(C(=O)CNc3cccc4c3C(=O)N(C3CCC(=O)NC3=O)C4=O)CC2)cc1. The van der Waals surface area contributed by atoms with Crippen LogP contribution in [0.15, 0.2) is 49.0 Å². The molecule has 9 heteroatoms. The predicted molar refractivity (Wildman–Crippen MR) is 144 cm³/mol. The van der Waals surface area contributed by atoms with Crippen LogP contribution in [0.4, 0.5) is 5.69 Å². The second-order valence-corrected chi connectivity index (χ2v) is 9.78. The normalized spacial score (nSPS) is 19.2. The summed E-state index contributed by atoms with van der Waals surface area (Å²) in [5.74, 6) is 4.34. The Bertz CT molecular complexity index is 1430. The summed E-state index contributed by atoms with van der Waals surface area (Å²) in [6.07, 6.45) is 3.47. The lowest BCUT2D eigenvalue weighted by Gasteiger charge is -2.30. The molecule has 0 saturated carbocycles. The zero-order valence-corrected chi connectivity index (χ0v) is 21.4. The third-order valence-electron chi connectivity index (χ3n) is 7.31. The van der Waals surface area contributed by atoms with E-state index in [0.29, 0.717) is 18.8 Å². The second kappa shape index (κ2) is 11.0. The van der Waals surface area contributed by atoms with Crippen LogP contribution in [-0.2, 0) is 14.4 Å². The number of amides is 5. The van der Waals surface area contributed by atoms with Crippen LogP contribution >= 0.6 is 0 Å². The fraction of sp³-hybridized carbons (Fsp3) is 0.300. The number of carbonyl (C=O) groups excluding carboxylic acids is 5. The number of likely N-dealkylation sites (tertiary alicyclic amines) is 1. The van der Waals surface area contributed by atoms with Crippen molar-refractivity contribution in [2.24, 2.45) is 5.92 Å². The number of benzene rings is 2. The maximum absolute atomic E-state index is 13.2. The van der Waals surface area contributed by atoms with Crippen LogP contribution in [0.2, 0.25) is 0 Å². The van der Waals surface area contributed by atoms with Crippen molar-refractivity contribution in [1.29, 1.82) is 0 Å². The first-order valence-electron chi connectivity index (χ1n) is 13.0. The van der Waals surface area contributed by atoms with Crippen LogP contribution in [0.5, 0.6) is 0 Å². The zero-order valence-electron chi connectivity index (χ0n) is 21.4. The Morgan fingerprint density at radius 2 is 1.77 bits per heavy atom. The van der Waals surface area contributed by atoms with Crippen molar-refractivity contribution in [2.45, 2.75) is 31.7 Å². The van der Waals surface area contributed by atoms with Crippen molar-refractivity contribution >= 4 is 41.3 Å². The van der Waals surface area contributed by atoms with E-state index in [0.717, 1.165) is 28.9 Å². The van der Waals surface area contributed by atoms with Gasteiger partial charge in [-0.1, -0.05) is 42.7 Å². The van der Waals surface area contributed by atoms with E-state index in [1.807, 2.05) is 24.3 Å². The molecule has 3 heterocycles. The summed E-state index contributed by atoms with van der Waals surface area (Å²) in [7, 11) is 0. The standard InChI is InChI=1S/C30H28N4O5/c1-2-19-6-8-20(9-7-19)10-11-21-14-16-33(17-15-21)26(36)18-31-23-5-3-4-22-27(23)30(39)34(29(22)38)24-12-13-25(35)32-28(24)37/h2-9,21,24,31H,1,12-18H2,(H,32,35,37). The molecule has 3 aliphatic rings. The molecule has 5 amide bonds. The fourth-order valence-electron chi connectivity index (χ4n) is 5.11. The van der Waals surface area contributed by atoms with E-state index in [1.54, 1.807) is 23.1 Å². The monoisotopic (exact) mass is 524 g/mol. The number of imide groups is 2. The van der Waals surface area contributed by atoms with Gasteiger partial charge in [0.2, 0.25) is 17.7 Å². The largest absolute Gasteiger partial charge is 0.375 e. The Hall–Kier alpha value is -4.71. The fourth-order valence-corrected chi connectivity index (χ4v) is 5.11. The maximum Gasteiger partial charge on any atom is 0.264 e. The summed E-state index contributed by atoms with van der Waals surface area (Å²) in [6, 6.07) is 11.6. The van der Waals surface area contributed by atoms with Gasteiger partial charge in [-0.3, -0.25) is 34.2 Å². The number of nitrogens with zero attached hydrogens (tertiary/aromatic N) is 2. The molecule has 0 aliphatic carbocycles. The number of hydrogen-bond donors (Lipinski definition) is 2. The highest BCUT2D eigenvalue weighted by molar-refractivity contribution is 6.25. The average Bonchev–Trinajstić information content (AvgIpc) is 3.21. The van der Waals surface area contributed by atoms with Crippen molar-refractivity contribution in [3.8, 4) is 11.8 Å². The van der Waals surface area contributed by atoms with Crippen LogP contribution in [0, 0.1) is 17.8 Å². The molecule has 0 spiro atoms. The van der Waals surface area contributed by atoms with Gasteiger partial charge in [0.25, 0.3) is 11.8 Å². The van der Waals surface area contributed by atoms with Gasteiger partial charge in [-0.05, 0) is 49.1 Å². The number of nitrogens with one attached hydrogen (secondary N) is 2. The Morgan fingerprint density at radius 1 is 1.03 bits per heavy atom. The molecule has 1 unspecified atom stereocenters. The van der Waals surface area contributed by atoms with E-state index in [1.165, 1.54) is 6.07 Å². The topological polar surface area (TPSA) is 116 Å². The first-order chi connectivity index (χ1) is 18.9. The Kier molecular flexibility index (Phi) is 7.28. The Labute approximate surface area is 226 Å². The Morgan fingerprint density at radius 3 is 2.46 bits per heavy atom. The average molecular weight is 525 g/mol. The minimum Gasteiger partial charge on any atom is -0.375 e. The van der Waals surface area contributed by atoms with Gasteiger partial charge >= 0.3 is 0 Å². The van der Waals surface area contributed by atoms with E-state index in [4.69, 9.17) is 0 Å². The molecular formula is C30H28N4O5. The quantitative estimate of drug-likeness (QED) is 0.459. The summed E-state index contributed by atoms with van der Waals surface area (Å²) in [6.45, 7) is 4.89. The van der Waals surface area contributed by atoms with Crippen molar-refractivity contribution in [3.05, 3.63) is 71.3 Å². The van der Waals surface area contributed by atoms with Crippen LogP contribution < -0.4 is 10.6 Å². The molecule has 2 aromatic carbocycles. The van der Waals surface area contributed by atoms with Crippen LogP contribution in [0.1, 0.15) is 57.5 Å². The highest BCUT2D eigenvalue weighted by Gasteiger charge is 2.45. The van der Waals surface area contributed by atoms with E-state index in [-0.39, 0.29) is 42.3 Å². The third kappa shape index (κ3) is 5.32. The predicted octanol–water partition coefficient (Wildman–Crippen LogP) is 2.43. The number of rotatable bonds is 5. The lowest BCUT2D eigenvalue weighted by atomic mass is 9.97. The highest BCUT2D eigenvalue weighted by atomic mass is 16.2. The maximum atomic E-state index is 13.2. The molecule has 3 aliphatic heterocycles. The van der Waals surface area contributed by atoms with Crippen molar-refractivity contribution in [1.82, 2.24) is 15.1 Å². The van der Waals surface area contributed by atoms with Gasteiger partial charge in [-0.2, -0.15) is 0 Å². The molecular weight excluding hydrogens is 496 g/mol. The molecule has 2 aromatic rings. The second-order valence-electron chi connectivity index (χ2n) is 9.78.